The van der Waals surface area contributed by atoms with E-state index < -0.39 is 0 Å². The second-order valence-corrected chi connectivity index (χ2v) is 4.45. The highest BCUT2D eigenvalue weighted by Gasteiger charge is 1.98. The molecule has 0 aliphatic heterocycles. The molecular weight excluding hydrogens is 202 g/mol. The number of ether oxygens (including phenoxy) is 1. The van der Waals surface area contributed by atoms with Crippen LogP contribution in [0.5, 0.6) is 0 Å². The van der Waals surface area contributed by atoms with Gasteiger partial charge in [-0.25, -0.2) is 0 Å². The van der Waals surface area contributed by atoms with Gasteiger partial charge in [-0.1, -0.05) is 13.8 Å². The number of nitrogens with one attached hydrogen (secondary N) is 1. The Hall–Kier alpha value is -0.770. The molecule has 0 radical (unpaired) electrons. The molecule has 0 unspecified atom stereocenters. The van der Waals surface area contributed by atoms with Crippen molar-refractivity contribution >= 4 is 5.96 Å². The van der Waals surface area contributed by atoms with E-state index in [0.717, 1.165) is 38.7 Å². The molecule has 0 spiro atoms. The van der Waals surface area contributed by atoms with E-state index in [2.05, 4.69) is 31.1 Å². The number of hydrogen-bond donors (Lipinski definition) is 1. The minimum absolute atomic E-state index is 0.614. The first-order chi connectivity index (χ1) is 7.57. The van der Waals surface area contributed by atoms with Crippen LogP contribution < -0.4 is 5.32 Å². The molecule has 0 aromatic heterocycles. The van der Waals surface area contributed by atoms with Crippen molar-refractivity contribution in [1.29, 1.82) is 0 Å². The Morgan fingerprint density at radius 3 is 2.56 bits per heavy atom. The Balaban J connectivity index is 3.62. The Morgan fingerprint density at radius 1 is 1.38 bits per heavy atom. The summed E-state index contributed by atoms with van der Waals surface area (Å²) in [6.07, 6.45) is 0.982. The zero-order valence-corrected chi connectivity index (χ0v) is 11.4. The largest absolute Gasteiger partial charge is 0.381 e. The molecule has 0 aliphatic carbocycles. The topological polar surface area (TPSA) is 36.9 Å². The van der Waals surface area contributed by atoms with E-state index in [-0.39, 0.29) is 0 Å². The van der Waals surface area contributed by atoms with E-state index in [9.17, 15) is 0 Å². The molecule has 0 heterocycles. The SMILES string of the molecule is CCNC(=NCCCOCC(C)C)N(C)C. The second-order valence-electron chi connectivity index (χ2n) is 4.45. The van der Waals surface area contributed by atoms with Crippen molar-refractivity contribution in [2.24, 2.45) is 10.9 Å². The molecule has 0 aromatic carbocycles. The van der Waals surface area contributed by atoms with Gasteiger partial charge in [0.2, 0.25) is 0 Å². The van der Waals surface area contributed by atoms with Crippen LogP contribution in [0.25, 0.3) is 0 Å². The first-order valence-electron chi connectivity index (χ1n) is 6.11. The third-order valence-electron chi connectivity index (χ3n) is 1.92. The van der Waals surface area contributed by atoms with Crippen LogP contribution in [0.3, 0.4) is 0 Å². The Kier molecular flexibility index (Phi) is 9.00. The molecule has 0 atom stereocenters. The first-order valence-corrected chi connectivity index (χ1v) is 6.11. The molecular formula is C12H27N3O. The fourth-order valence-corrected chi connectivity index (χ4v) is 1.18. The summed E-state index contributed by atoms with van der Waals surface area (Å²) in [7, 11) is 3.99. The van der Waals surface area contributed by atoms with E-state index >= 15 is 0 Å². The molecule has 96 valence electrons. The van der Waals surface area contributed by atoms with E-state index in [1.54, 1.807) is 0 Å². The zero-order valence-electron chi connectivity index (χ0n) is 11.4. The van der Waals surface area contributed by atoms with Gasteiger partial charge in [-0.3, -0.25) is 4.99 Å². The van der Waals surface area contributed by atoms with E-state index in [4.69, 9.17) is 4.74 Å². The summed E-state index contributed by atoms with van der Waals surface area (Å²) in [5, 5.41) is 3.23. The molecule has 0 amide bonds. The highest BCUT2D eigenvalue weighted by Crippen LogP contribution is 1.94. The molecule has 0 aromatic rings. The fourth-order valence-electron chi connectivity index (χ4n) is 1.18. The average molecular weight is 229 g/mol. The Labute approximate surface area is 100 Å². The Bertz CT molecular complexity index is 191. The lowest BCUT2D eigenvalue weighted by atomic mass is 10.2. The summed E-state index contributed by atoms with van der Waals surface area (Å²) >= 11 is 0. The lowest BCUT2D eigenvalue weighted by molar-refractivity contribution is 0.109. The molecule has 16 heavy (non-hydrogen) atoms. The van der Waals surface area contributed by atoms with Crippen LogP contribution in [0.2, 0.25) is 0 Å². The summed E-state index contributed by atoms with van der Waals surface area (Å²) in [5.74, 6) is 1.56. The smallest absolute Gasteiger partial charge is 0.193 e. The van der Waals surface area contributed by atoms with Crippen molar-refractivity contribution in [2.45, 2.75) is 27.2 Å². The molecule has 1 N–H and O–H groups in total. The molecule has 0 saturated carbocycles. The van der Waals surface area contributed by atoms with E-state index in [0.29, 0.717) is 5.92 Å². The number of rotatable bonds is 7. The van der Waals surface area contributed by atoms with Crippen LogP contribution in [0.1, 0.15) is 27.2 Å². The summed E-state index contributed by atoms with van der Waals surface area (Å²) < 4.78 is 5.49. The maximum Gasteiger partial charge on any atom is 0.193 e. The molecule has 0 rings (SSSR count). The number of hydrogen-bond acceptors (Lipinski definition) is 2. The van der Waals surface area contributed by atoms with Crippen LogP contribution in [0.15, 0.2) is 4.99 Å². The maximum atomic E-state index is 5.49. The fraction of sp³-hybridized carbons (Fsp3) is 0.917. The molecule has 0 fully saturated rings. The second kappa shape index (κ2) is 9.46. The van der Waals surface area contributed by atoms with Crippen LogP contribution in [0, 0.1) is 5.92 Å². The van der Waals surface area contributed by atoms with Crippen LogP contribution >= 0.6 is 0 Å². The molecule has 4 nitrogen and oxygen atoms in total. The van der Waals surface area contributed by atoms with Gasteiger partial charge in [-0.05, 0) is 19.3 Å². The van der Waals surface area contributed by atoms with E-state index in [1.165, 1.54) is 0 Å². The lowest BCUT2D eigenvalue weighted by Crippen LogP contribution is -2.36. The van der Waals surface area contributed by atoms with Gasteiger partial charge in [0.1, 0.15) is 0 Å². The summed E-state index contributed by atoms with van der Waals surface area (Å²) in [6, 6.07) is 0. The predicted molar refractivity (Wildman–Crippen MR) is 69.9 cm³/mol. The standard InChI is InChI=1S/C12H27N3O/c1-6-13-12(15(4)5)14-8-7-9-16-10-11(2)3/h11H,6-10H2,1-5H3,(H,13,14). The minimum atomic E-state index is 0.614. The quantitative estimate of drug-likeness (QED) is 0.409. The van der Waals surface area contributed by atoms with Gasteiger partial charge < -0.3 is 15.0 Å². The number of aliphatic imine (C=N–C) groups is 1. The van der Waals surface area contributed by atoms with Crippen LogP contribution in [-0.2, 0) is 4.74 Å². The zero-order chi connectivity index (χ0) is 12.4. The maximum absolute atomic E-state index is 5.49. The highest BCUT2D eigenvalue weighted by atomic mass is 16.5. The van der Waals surface area contributed by atoms with Crippen molar-refractivity contribution in [3.8, 4) is 0 Å². The third-order valence-corrected chi connectivity index (χ3v) is 1.92. The van der Waals surface area contributed by atoms with Crippen LogP contribution in [-0.4, -0.2) is 51.3 Å². The average Bonchev–Trinajstić information content (AvgIpc) is 2.20. The summed E-state index contributed by atoms with van der Waals surface area (Å²) in [4.78, 5) is 6.48. The van der Waals surface area contributed by atoms with Crippen molar-refractivity contribution < 1.29 is 4.74 Å². The third kappa shape index (κ3) is 8.53. The minimum Gasteiger partial charge on any atom is -0.381 e. The monoisotopic (exact) mass is 229 g/mol. The Morgan fingerprint density at radius 2 is 2.06 bits per heavy atom. The van der Waals surface area contributed by atoms with Gasteiger partial charge in [0.15, 0.2) is 5.96 Å². The number of nitrogens with zero attached hydrogens (tertiary/aromatic N) is 2. The van der Waals surface area contributed by atoms with Crippen LogP contribution in [0.4, 0.5) is 0 Å². The normalized spacial score (nSPS) is 12.0. The van der Waals surface area contributed by atoms with Gasteiger partial charge in [0, 0.05) is 40.4 Å². The van der Waals surface area contributed by atoms with Crippen molar-refractivity contribution in [3.63, 3.8) is 0 Å². The molecule has 0 saturated heterocycles. The van der Waals surface area contributed by atoms with Gasteiger partial charge in [-0.15, -0.1) is 0 Å². The molecule has 0 bridgehead atoms. The van der Waals surface area contributed by atoms with Gasteiger partial charge >= 0.3 is 0 Å². The predicted octanol–water partition coefficient (Wildman–Crippen LogP) is 1.58. The van der Waals surface area contributed by atoms with Gasteiger partial charge in [-0.2, -0.15) is 0 Å². The molecule has 0 aliphatic rings. The lowest BCUT2D eigenvalue weighted by Gasteiger charge is -2.16. The highest BCUT2D eigenvalue weighted by molar-refractivity contribution is 5.79. The summed E-state index contributed by atoms with van der Waals surface area (Å²) in [5.41, 5.74) is 0. The van der Waals surface area contributed by atoms with Crippen molar-refractivity contribution in [3.05, 3.63) is 0 Å². The van der Waals surface area contributed by atoms with E-state index in [1.807, 2.05) is 19.0 Å². The van der Waals surface area contributed by atoms with Gasteiger partial charge in [0.05, 0.1) is 0 Å². The molecule has 4 heteroatoms. The van der Waals surface area contributed by atoms with Crippen molar-refractivity contribution in [2.75, 3.05) is 40.4 Å². The van der Waals surface area contributed by atoms with Gasteiger partial charge in [0.25, 0.3) is 0 Å². The number of guanidine groups is 1. The summed E-state index contributed by atoms with van der Waals surface area (Å²) in [6.45, 7) is 9.76. The first kappa shape index (κ1) is 15.2. The van der Waals surface area contributed by atoms with Crippen molar-refractivity contribution in [1.82, 2.24) is 10.2 Å².